The molecule has 0 radical (unpaired) electrons. The van der Waals surface area contributed by atoms with Crippen molar-refractivity contribution in [3.8, 4) is 16.7 Å². The molecule has 0 N–H and O–H groups in total. The third-order valence-corrected chi connectivity index (χ3v) is 6.46. The number of amides is 1. The molecule has 184 valence electrons. The molecule has 1 aliphatic heterocycles. The van der Waals surface area contributed by atoms with Crippen molar-refractivity contribution in [1.29, 1.82) is 0 Å². The second kappa shape index (κ2) is 11.8. The number of carbonyl (C=O) groups is 2. The van der Waals surface area contributed by atoms with Crippen LogP contribution in [0.1, 0.15) is 36.7 Å². The Labute approximate surface area is 209 Å². The predicted molar refractivity (Wildman–Crippen MR) is 132 cm³/mol. The van der Waals surface area contributed by atoms with Crippen molar-refractivity contribution in [3.05, 3.63) is 65.5 Å². The zero-order valence-corrected chi connectivity index (χ0v) is 20.8. The van der Waals surface area contributed by atoms with Gasteiger partial charge in [0.05, 0.1) is 26.1 Å². The molecule has 0 saturated carbocycles. The van der Waals surface area contributed by atoms with E-state index in [1.807, 2.05) is 48.5 Å². The van der Waals surface area contributed by atoms with Crippen LogP contribution in [-0.4, -0.2) is 52.9 Å². The SMILES string of the molecule is CCOC(=O)C1CCCN(C(=O)Cc2ccc(Oc3nc(Cc4cccc(OC)c4)ns3)cc2)C1. The molecular weight excluding hydrogens is 466 g/mol. The van der Waals surface area contributed by atoms with Crippen molar-refractivity contribution in [2.45, 2.75) is 32.6 Å². The van der Waals surface area contributed by atoms with Gasteiger partial charge in [-0.15, -0.1) is 0 Å². The summed E-state index contributed by atoms with van der Waals surface area (Å²) in [7, 11) is 1.64. The van der Waals surface area contributed by atoms with Gasteiger partial charge in [0.25, 0.3) is 5.19 Å². The molecule has 1 amide bonds. The number of likely N-dealkylation sites (tertiary alicyclic amines) is 1. The first-order chi connectivity index (χ1) is 17.0. The molecular formula is C26H29N3O5S. The average molecular weight is 496 g/mol. The number of aromatic nitrogens is 2. The predicted octanol–water partition coefficient (Wildman–Crippen LogP) is 4.27. The Balaban J connectivity index is 1.30. The standard InChI is InChI=1S/C26H29N3O5S/c1-3-33-25(31)20-7-5-13-29(17-20)24(30)16-18-9-11-21(12-10-18)34-26-27-23(28-35-26)15-19-6-4-8-22(14-19)32-2/h4,6,8-12,14,20H,3,5,7,13,15-17H2,1-2H3. The summed E-state index contributed by atoms with van der Waals surface area (Å²) in [5, 5.41) is 0.463. The van der Waals surface area contributed by atoms with Crippen molar-refractivity contribution in [1.82, 2.24) is 14.3 Å². The summed E-state index contributed by atoms with van der Waals surface area (Å²) in [4.78, 5) is 31.1. The van der Waals surface area contributed by atoms with E-state index >= 15 is 0 Å². The van der Waals surface area contributed by atoms with Gasteiger partial charge in [0.2, 0.25) is 5.91 Å². The molecule has 1 saturated heterocycles. The fourth-order valence-corrected chi connectivity index (χ4v) is 4.60. The van der Waals surface area contributed by atoms with Crippen LogP contribution in [0.25, 0.3) is 0 Å². The Morgan fingerprint density at radius 1 is 1.11 bits per heavy atom. The molecule has 1 atom stereocenters. The monoisotopic (exact) mass is 495 g/mol. The van der Waals surface area contributed by atoms with Crippen LogP contribution in [-0.2, 0) is 27.2 Å². The first-order valence-corrected chi connectivity index (χ1v) is 12.5. The fraction of sp³-hybridized carbons (Fsp3) is 0.385. The smallest absolute Gasteiger partial charge is 0.310 e. The zero-order chi connectivity index (χ0) is 24.6. The fourth-order valence-electron chi connectivity index (χ4n) is 4.03. The van der Waals surface area contributed by atoms with Crippen LogP contribution in [0.5, 0.6) is 16.7 Å². The van der Waals surface area contributed by atoms with Crippen molar-refractivity contribution < 1.29 is 23.8 Å². The number of hydrogen-bond donors (Lipinski definition) is 0. The van der Waals surface area contributed by atoms with E-state index in [1.54, 1.807) is 18.9 Å². The maximum absolute atomic E-state index is 12.8. The first kappa shape index (κ1) is 24.7. The van der Waals surface area contributed by atoms with E-state index in [2.05, 4.69) is 9.36 Å². The van der Waals surface area contributed by atoms with Gasteiger partial charge in [-0.1, -0.05) is 24.3 Å². The molecule has 4 rings (SSSR count). The highest BCUT2D eigenvalue weighted by Gasteiger charge is 2.29. The molecule has 1 aliphatic rings. The number of methoxy groups -OCH3 is 1. The van der Waals surface area contributed by atoms with Crippen molar-refractivity contribution in [3.63, 3.8) is 0 Å². The average Bonchev–Trinajstić information content (AvgIpc) is 3.32. The Bertz CT molecular complexity index is 1150. The molecule has 0 spiro atoms. The van der Waals surface area contributed by atoms with Crippen LogP contribution >= 0.6 is 11.5 Å². The lowest BCUT2D eigenvalue weighted by molar-refractivity contribution is -0.151. The zero-order valence-electron chi connectivity index (χ0n) is 19.9. The molecule has 2 aromatic carbocycles. The molecule has 1 fully saturated rings. The summed E-state index contributed by atoms with van der Waals surface area (Å²) >= 11 is 1.20. The van der Waals surface area contributed by atoms with Crippen molar-refractivity contribution in [2.24, 2.45) is 5.92 Å². The minimum absolute atomic E-state index is 0.0129. The molecule has 0 aliphatic carbocycles. The van der Waals surface area contributed by atoms with E-state index in [0.29, 0.717) is 42.9 Å². The lowest BCUT2D eigenvalue weighted by Gasteiger charge is -2.31. The van der Waals surface area contributed by atoms with Gasteiger partial charge in [0.1, 0.15) is 11.5 Å². The lowest BCUT2D eigenvalue weighted by atomic mass is 9.97. The summed E-state index contributed by atoms with van der Waals surface area (Å²) in [5.74, 6) is 1.68. The molecule has 3 aromatic rings. The Morgan fingerprint density at radius 3 is 2.71 bits per heavy atom. The summed E-state index contributed by atoms with van der Waals surface area (Å²) < 4.78 is 20.6. The second-order valence-electron chi connectivity index (χ2n) is 8.36. The van der Waals surface area contributed by atoms with Gasteiger partial charge in [-0.3, -0.25) is 9.59 Å². The maximum Gasteiger partial charge on any atom is 0.310 e. The van der Waals surface area contributed by atoms with Gasteiger partial charge in [-0.05, 0) is 55.2 Å². The first-order valence-electron chi connectivity index (χ1n) is 11.7. The number of hydrogen-bond acceptors (Lipinski definition) is 8. The summed E-state index contributed by atoms with van der Waals surface area (Å²) in [6.07, 6.45) is 2.44. The number of nitrogens with zero attached hydrogens (tertiary/aromatic N) is 3. The molecule has 1 aromatic heterocycles. The van der Waals surface area contributed by atoms with Crippen LogP contribution in [0.3, 0.4) is 0 Å². The molecule has 0 bridgehead atoms. The number of esters is 1. The number of rotatable bonds is 9. The Kier molecular flexibility index (Phi) is 8.31. The highest BCUT2D eigenvalue weighted by atomic mass is 32.1. The molecule has 35 heavy (non-hydrogen) atoms. The maximum atomic E-state index is 12.8. The van der Waals surface area contributed by atoms with Crippen LogP contribution in [0, 0.1) is 5.92 Å². The minimum atomic E-state index is -0.232. The van der Waals surface area contributed by atoms with Gasteiger partial charge in [0.15, 0.2) is 5.82 Å². The van der Waals surface area contributed by atoms with E-state index in [-0.39, 0.29) is 24.2 Å². The Hall–Kier alpha value is -3.46. The van der Waals surface area contributed by atoms with E-state index in [4.69, 9.17) is 14.2 Å². The second-order valence-corrected chi connectivity index (χ2v) is 9.07. The van der Waals surface area contributed by atoms with Gasteiger partial charge >= 0.3 is 5.97 Å². The quantitative estimate of drug-likeness (QED) is 0.409. The van der Waals surface area contributed by atoms with Crippen molar-refractivity contribution in [2.75, 3.05) is 26.8 Å². The van der Waals surface area contributed by atoms with Crippen LogP contribution in [0.15, 0.2) is 48.5 Å². The normalized spacial score (nSPS) is 15.5. The van der Waals surface area contributed by atoms with E-state index in [9.17, 15) is 9.59 Å². The lowest BCUT2D eigenvalue weighted by Crippen LogP contribution is -2.43. The van der Waals surface area contributed by atoms with Crippen LogP contribution in [0.4, 0.5) is 0 Å². The van der Waals surface area contributed by atoms with Crippen LogP contribution in [0.2, 0.25) is 0 Å². The van der Waals surface area contributed by atoms with E-state index < -0.39 is 0 Å². The molecule has 8 nitrogen and oxygen atoms in total. The van der Waals surface area contributed by atoms with Gasteiger partial charge < -0.3 is 19.1 Å². The number of piperidine rings is 1. The highest BCUT2D eigenvalue weighted by molar-refractivity contribution is 7.07. The van der Waals surface area contributed by atoms with Crippen molar-refractivity contribution >= 4 is 23.4 Å². The number of carbonyl (C=O) groups excluding carboxylic acids is 2. The van der Waals surface area contributed by atoms with E-state index in [0.717, 1.165) is 29.7 Å². The molecule has 9 heteroatoms. The number of ether oxygens (including phenoxy) is 3. The van der Waals surface area contributed by atoms with Gasteiger partial charge in [0, 0.05) is 31.0 Å². The Morgan fingerprint density at radius 2 is 1.94 bits per heavy atom. The third-order valence-electron chi connectivity index (χ3n) is 5.82. The van der Waals surface area contributed by atoms with Gasteiger partial charge in [-0.25, -0.2) is 0 Å². The third kappa shape index (κ3) is 6.79. The summed E-state index contributed by atoms with van der Waals surface area (Å²) in [6, 6.07) is 15.2. The topological polar surface area (TPSA) is 90.9 Å². The summed E-state index contributed by atoms with van der Waals surface area (Å²) in [5.41, 5.74) is 1.95. The largest absolute Gasteiger partial charge is 0.497 e. The molecule has 1 unspecified atom stereocenters. The number of benzene rings is 2. The van der Waals surface area contributed by atoms with Gasteiger partial charge in [-0.2, -0.15) is 9.36 Å². The highest BCUT2D eigenvalue weighted by Crippen LogP contribution is 2.25. The van der Waals surface area contributed by atoms with Crippen LogP contribution < -0.4 is 9.47 Å². The van der Waals surface area contributed by atoms with E-state index in [1.165, 1.54) is 11.5 Å². The minimum Gasteiger partial charge on any atom is -0.497 e. The molecule has 2 heterocycles. The summed E-state index contributed by atoms with van der Waals surface area (Å²) in [6.45, 7) is 3.25.